The highest BCUT2D eigenvalue weighted by atomic mass is 16.5. The number of amides is 1. The molecule has 2 N–H and O–H groups in total. The van der Waals surface area contributed by atoms with Crippen LogP contribution >= 0.6 is 0 Å². The third-order valence-corrected chi connectivity index (χ3v) is 3.89. The maximum atomic E-state index is 12.4. The average Bonchev–Trinajstić information content (AvgIpc) is 3.01. The fourth-order valence-corrected chi connectivity index (χ4v) is 2.84. The van der Waals surface area contributed by atoms with Crippen LogP contribution in [0.3, 0.4) is 0 Å². The lowest BCUT2D eigenvalue weighted by atomic mass is 9.82. The Morgan fingerprint density at radius 3 is 2.45 bits per heavy atom. The highest BCUT2D eigenvalue weighted by molar-refractivity contribution is 5.97. The number of anilines is 1. The van der Waals surface area contributed by atoms with Crippen molar-refractivity contribution in [3.8, 4) is 0 Å². The predicted octanol–water partition coefficient (Wildman–Crippen LogP) is 1.59. The minimum Gasteiger partial charge on any atom is -0.481 e. The van der Waals surface area contributed by atoms with Crippen LogP contribution in [0.15, 0.2) is 36.4 Å². The second-order valence-corrected chi connectivity index (χ2v) is 5.14. The number of aliphatic carboxylic acids is 1. The monoisotopic (exact) mass is 273 g/mol. The van der Waals surface area contributed by atoms with Crippen molar-refractivity contribution in [3.63, 3.8) is 0 Å². The van der Waals surface area contributed by atoms with Gasteiger partial charge in [-0.3, -0.25) is 9.59 Å². The van der Waals surface area contributed by atoms with Gasteiger partial charge in [-0.1, -0.05) is 30.4 Å². The van der Waals surface area contributed by atoms with Gasteiger partial charge in [0.15, 0.2) is 0 Å². The summed E-state index contributed by atoms with van der Waals surface area (Å²) in [6.45, 7) is 1.89. The molecule has 104 valence electrons. The minimum atomic E-state index is -0.994. The summed E-state index contributed by atoms with van der Waals surface area (Å²) in [6.07, 6.45) is 2.56. The summed E-state index contributed by atoms with van der Waals surface area (Å²) >= 11 is 0. The standard InChI is InChI=1S/C15H15NO4/c1-8-4-2-3-5-9(8)16-14(17)12-10-6-7-11(20-10)13(12)15(18)19/h2-7,10-13H,1H3,(H,16,17)(H,18,19)/t10-,11-,12+,13+/m1/s1. The maximum Gasteiger partial charge on any atom is 0.310 e. The summed E-state index contributed by atoms with van der Waals surface area (Å²) in [5.74, 6) is -2.79. The fraction of sp³-hybridized carbons (Fsp3) is 0.333. The summed E-state index contributed by atoms with van der Waals surface area (Å²) in [6, 6.07) is 7.40. The largest absolute Gasteiger partial charge is 0.481 e. The topological polar surface area (TPSA) is 75.6 Å². The van der Waals surface area contributed by atoms with Gasteiger partial charge in [0.25, 0.3) is 0 Å². The van der Waals surface area contributed by atoms with Crippen LogP contribution < -0.4 is 5.32 Å². The van der Waals surface area contributed by atoms with Gasteiger partial charge in [-0.2, -0.15) is 0 Å². The molecule has 1 aromatic rings. The lowest BCUT2D eigenvalue weighted by molar-refractivity contribution is -0.145. The first kappa shape index (κ1) is 12.9. The lowest BCUT2D eigenvalue weighted by Gasteiger charge is -2.21. The van der Waals surface area contributed by atoms with Gasteiger partial charge in [0.05, 0.1) is 18.1 Å². The molecule has 2 aliphatic heterocycles. The number of aryl methyl sites for hydroxylation is 1. The van der Waals surface area contributed by atoms with Crippen LogP contribution in [0.4, 0.5) is 5.69 Å². The molecule has 5 heteroatoms. The van der Waals surface area contributed by atoms with Gasteiger partial charge in [-0.15, -0.1) is 0 Å². The molecule has 0 saturated carbocycles. The number of ether oxygens (including phenoxy) is 1. The molecule has 0 aromatic heterocycles. The molecule has 0 unspecified atom stereocenters. The number of benzene rings is 1. The number of nitrogens with one attached hydrogen (secondary N) is 1. The molecule has 0 aliphatic carbocycles. The van der Waals surface area contributed by atoms with E-state index in [1.54, 1.807) is 18.2 Å². The first-order chi connectivity index (χ1) is 9.58. The Balaban J connectivity index is 1.82. The normalized spacial score (nSPS) is 30.4. The Morgan fingerprint density at radius 1 is 1.15 bits per heavy atom. The summed E-state index contributed by atoms with van der Waals surface area (Å²) in [5.41, 5.74) is 1.64. The Labute approximate surface area is 116 Å². The Kier molecular flexibility index (Phi) is 3.06. The number of carbonyl (C=O) groups is 2. The van der Waals surface area contributed by atoms with Crippen molar-refractivity contribution < 1.29 is 19.4 Å². The minimum absolute atomic E-state index is 0.302. The van der Waals surface area contributed by atoms with E-state index in [2.05, 4.69) is 5.32 Å². The Bertz CT molecular complexity index is 595. The van der Waals surface area contributed by atoms with Crippen molar-refractivity contribution in [1.29, 1.82) is 0 Å². The van der Waals surface area contributed by atoms with Crippen LogP contribution in [-0.2, 0) is 14.3 Å². The van der Waals surface area contributed by atoms with E-state index in [1.165, 1.54) is 0 Å². The highest BCUT2D eigenvalue weighted by Crippen LogP contribution is 2.39. The van der Waals surface area contributed by atoms with E-state index in [-0.39, 0.29) is 5.91 Å². The Morgan fingerprint density at radius 2 is 1.80 bits per heavy atom. The second-order valence-electron chi connectivity index (χ2n) is 5.14. The van der Waals surface area contributed by atoms with E-state index in [4.69, 9.17) is 4.74 Å². The van der Waals surface area contributed by atoms with E-state index in [0.717, 1.165) is 5.56 Å². The van der Waals surface area contributed by atoms with Crippen molar-refractivity contribution in [2.75, 3.05) is 5.32 Å². The molecular weight excluding hydrogens is 258 g/mol. The quantitative estimate of drug-likeness (QED) is 0.820. The van der Waals surface area contributed by atoms with E-state index >= 15 is 0 Å². The van der Waals surface area contributed by atoms with Crippen molar-refractivity contribution in [2.24, 2.45) is 11.8 Å². The zero-order valence-corrected chi connectivity index (χ0v) is 10.9. The summed E-state index contributed by atoms with van der Waals surface area (Å²) < 4.78 is 5.50. The number of rotatable bonds is 3. The first-order valence-electron chi connectivity index (χ1n) is 6.51. The van der Waals surface area contributed by atoms with E-state index in [9.17, 15) is 14.7 Å². The molecule has 5 nitrogen and oxygen atoms in total. The van der Waals surface area contributed by atoms with Crippen LogP contribution in [0.2, 0.25) is 0 Å². The van der Waals surface area contributed by atoms with Crippen LogP contribution in [0.5, 0.6) is 0 Å². The van der Waals surface area contributed by atoms with Gasteiger partial charge in [0.2, 0.25) is 5.91 Å². The Hall–Kier alpha value is -2.14. The third-order valence-electron chi connectivity index (χ3n) is 3.89. The zero-order valence-electron chi connectivity index (χ0n) is 10.9. The van der Waals surface area contributed by atoms with Gasteiger partial charge in [-0.05, 0) is 18.6 Å². The van der Waals surface area contributed by atoms with Crippen molar-refractivity contribution >= 4 is 17.6 Å². The number of para-hydroxylation sites is 1. The number of carbonyl (C=O) groups excluding carboxylic acids is 1. The third kappa shape index (κ3) is 2.00. The second kappa shape index (κ2) is 4.76. The molecule has 0 spiro atoms. The van der Waals surface area contributed by atoms with E-state index in [0.29, 0.717) is 5.69 Å². The molecule has 1 saturated heterocycles. The number of carboxylic acids is 1. The van der Waals surface area contributed by atoms with Gasteiger partial charge in [0.1, 0.15) is 5.92 Å². The van der Waals surface area contributed by atoms with Crippen molar-refractivity contribution in [3.05, 3.63) is 42.0 Å². The molecule has 1 aromatic carbocycles. The van der Waals surface area contributed by atoms with Crippen LogP contribution in [0.25, 0.3) is 0 Å². The molecule has 1 fully saturated rings. The number of fused-ring (bicyclic) bond motifs is 2. The molecule has 2 aliphatic rings. The van der Waals surface area contributed by atoms with Crippen molar-refractivity contribution in [2.45, 2.75) is 19.1 Å². The predicted molar refractivity (Wildman–Crippen MR) is 72.2 cm³/mol. The number of hydrogen-bond acceptors (Lipinski definition) is 3. The van der Waals surface area contributed by atoms with Gasteiger partial charge in [-0.25, -0.2) is 0 Å². The summed E-state index contributed by atoms with van der Waals surface area (Å²) in [7, 11) is 0. The van der Waals surface area contributed by atoms with Crippen LogP contribution in [0.1, 0.15) is 5.56 Å². The molecule has 4 atom stereocenters. The van der Waals surface area contributed by atoms with E-state index in [1.807, 2.05) is 25.1 Å². The molecule has 0 radical (unpaired) electrons. The smallest absolute Gasteiger partial charge is 0.310 e. The summed E-state index contributed by atoms with van der Waals surface area (Å²) in [4.78, 5) is 23.7. The first-order valence-corrected chi connectivity index (χ1v) is 6.51. The SMILES string of the molecule is Cc1ccccc1NC(=O)[C@@H]1[C@@H](C(=O)O)[C@H]2C=C[C@H]1O2. The number of hydrogen-bond donors (Lipinski definition) is 2. The molecule has 3 rings (SSSR count). The highest BCUT2D eigenvalue weighted by Gasteiger charge is 2.53. The number of carboxylic acid groups (broad SMARTS) is 1. The van der Waals surface area contributed by atoms with Gasteiger partial charge < -0.3 is 15.2 Å². The molecule has 20 heavy (non-hydrogen) atoms. The molecular formula is C15H15NO4. The van der Waals surface area contributed by atoms with E-state index < -0.39 is 30.0 Å². The maximum absolute atomic E-state index is 12.4. The average molecular weight is 273 g/mol. The lowest BCUT2D eigenvalue weighted by Crippen LogP contribution is -2.39. The molecule has 1 amide bonds. The fourth-order valence-electron chi connectivity index (χ4n) is 2.84. The molecule has 2 heterocycles. The van der Waals surface area contributed by atoms with Crippen LogP contribution in [-0.4, -0.2) is 29.2 Å². The molecule has 2 bridgehead atoms. The van der Waals surface area contributed by atoms with Crippen LogP contribution in [0, 0.1) is 18.8 Å². The van der Waals surface area contributed by atoms with Crippen molar-refractivity contribution in [1.82, 2.24) is 0 Å². The summed E-state index contributed by atoms with van der Waals surface area (Å²) in [5, 5.41) is 12.1. The zero-order chi connectivity index (χ0) is 14.3. The van der Waals surface area contributed by atoms with Gasteiger partial charge >= 0.3 is 5.97 Å². The van der Waals surface area contributed by atoms with Gasteiger partial charge in [0, 0.05) is 5.69 Å².